The first-order valence-corrected chi connectivity index (χ1v) is 4.76. The second-order valence-corrected chi connectivity index (χ2v) is 3.89. The van der Waals surface area contributed by atoms with Gasteiger partial charge in [-0.3, -0.25) is 0 Å². The van der Waals surface area contributed by atoms with Crippen LogP contribution in [0, 0.1) is 11.3 Å². The molecule has 1 atom stereocenters. The molecule has 12 heavy (non-hydrogen) atoms. The lowest BCUT2D eigenvalue weighted by molar-refractivity contribution is 0.779. The van der Waals surface area contributed by atoms with Crippen molar-refractivity contribution in [3.63, 3.8) is 0 Å². The van der Waals surface area contributed by atoms with Crippen molar-refractivity contribution in [1.82, 2.24) is 0 Å². The van der Waals surface area contributed by atoms with Gasteiger partial charge >= 0.3 is 0 Å². The largest absolute Gasteiger partial charge is 0.313 e. The Morgan fingerprint density at radius 2 is 2.33 bits per heavy atom. The van der Waals surface area contributed by atoms with Gasteiger partial charge in [-0.1, -0.05) is 35.0 Å². The van der Waals surface area contributed by atoms with Crippen molar-refractivity contribution in [3.8, 4) is 0 Å². The smallest absolute Gasteiger partial charge is 0.0177 e. The molecular formula is C10H12BrN. The maximum atomic E-state index is 7.07. The van der Waals surface area contributed by atoms with E-state index < -0.39 is 0 Å². The summed E-state index contributed by atoms with van der Waals surface area (Å²) in [5.41, 5.74) is 1.28. The molecule has 0 spiro atoms. The van der Waals surface area contributed by atoms with Gasteiger partial charge in [-0.2, -0.15) is 0 Å². The molecular weight excluding hydrogens is 214 g/mol. The Balaban J connectivity index is 2.69. The van der Waals surface area contributed by atoms with Gasteiger partial charge in [0.05, 0.1) is 0 Å². The molecule has 0 saturated carbocycles. The quantitative estimate of drug-likeness (QED) is 0.765. The Bertz CT molecular complexity index is 270. The first-order valence-electron chi connectivity index (χ1n) is 3.97. The minimum atomic E-state index is 0.333. The fourth-order valence-corrected chi connectivity index (χ4v) is 1.54. The van der Waals surface area contributed by atoms with Gasteiger partial charge in [0.2, 0.25) is 0 Å². The highest BCUT2D eigenvalue weighted by atomic mass is 79.9. The van der Waals surface area contributed by atoms with Crippen molar-refractivity contribution >= 4 is 22.1 Å². The summed E-state index contributed by atoms with van der Waals surface area (Å²) in [5.74, 6) is 0.333. The Hall–Kier alpha value is -0.630. The Kier molecular flexibility index (Phi) is 3.48. The Morgan fingerprint density at radius 3 is 2.92 bits per heavy atom. The summed E-state index contributed by atoms with van der Waals surface area (Å²) in [7, 11) is 0. The van der Waals surface area contributed by atoms with E-state index in [2.05, 4.69) is 28.1 Å². The van der Waals surface area contributed by atoms with Crippen LogP contribution in [0.5, 0.6) is 0 Å². The second kappa shape index (κ2) is 4.41. The second-order valence-electron chi connectivity index (χ2n) is 2.98. The average molecular weight is 226 g/mol. The van der Waals surface area contributed by atoms with Gasteiger partial charge in [0.1, 0.15) is 0 Å². The summed E-state index contributed by atoms with van der Waals surface area (Å²) in [6.45, 7) is 2.05. The molecule has 0 aromatic heterocycles. The van der Waals surface area contributed by atoms with Gasteiger partial charge in [-0.25, -0.2) is 0 Å². The zero-order valence-corrected chi connectivity index (χ0v) is 8.64. The maximum Gasteiger partial charge on any atom is 0.0177 e. The standard InChI is InChI=1S/C10H12BrN/c1-8(7-12)5-9-3-2-4-10(11)6-9/h2-4,6-8,12H,5H2,1H3. The molecule has 0 aliphatic carbocycles. The van der Waals surface area contributed by atoms with Crippen LogP contribution in [0.1, 0.15) is 12.5 Å². The molecule has 0 aliphatic heterocycles. The summed E-state index contributed by atoms with van der Waals surface area (Å²) >= 11 is 3.42. The van der Waals surface area contributed by atoms with Gasteiger partial charge in [-0.15, -0.1) is 0 Å². The highest BCUT2D eigenvalue weighted by Crippen LogP contribution is 2.14. The molecule has 1 aromatic carbocycles. The van der Waals surface area contributed by atoms with Crippen LogP contribution in [-0.2, 0) is 6.42 Å². The van der Waals surface area contributed by atoms with Crippen molar-refractivity contribution in [2.75, 3.05) is 0 Å². The maximum absolute atomic E-state index is 7.07. The topological polar surface area (TPSA) is 23.9 Å². The molecule has 0 fully saturated rings. The highest BCUT2D eigenvalue weighted by Gasteiger charge is 1.99. The van der Waals surface area contributed by atoms with Crippen LogP contribution in [0.15, 0.2) is 28.7 Å². The monoisotopic (exact) mass is 225 g/mol. The van der Waals surface area contributed by atoms with Crippen LogP contribution in [0.25, 0.3) is 0 Å². The molecule has 0 radical (unpaired) electrons. The third kappa shape index (κ3) is 2.78. The first kappa shape index (κ1) is 9.46. The van der Waals surface area contributed by atoms with E-state index >= 15 is 0 Å². The molecule has 2 heteroatoms. The third-order valence-corrected chi connectivity index (χ3v) is 2.22. The summed E-state index contributed by atoms with van der Waals surface area (Å²) in [5, 5.41) is 7.07. The molecule has 0 saturated heterocycles. The number of halogens is 1. The number of benzene rings is 1. The van der Waals surface area contributed by atoms with Crippen LogP contribution in [-0.4, -0.2) is 6.21 Å². The Morgan fingerprint density at radius 1 is 1.58 bits per heavy atom. The number of rotatable bonds is 3. The number of hydrogen-bond donors (Lipinski definition) is 1. The lowest BCUT2D eigenvalue weighted by atomic mass is 10.0. The van der Waals surface area contributed by atoms with Crippen LogP contribution in [0.3, 0.4) is 0 Å². The molecule has 1 unspecified atom stereocenters. The lowest BCUT2D eigenvalue weighted by Gasteiger charge is -2.04. The van der Waals surface area contributed by atoms with Gasteiger partial charge < -0.3 is 5.41 Å². The van der Waals surface area contributed by atoms with Crippen LogP contribution < -0.4 is 0 Å². The fourth-order valence-electron chi connectivity index (χ4n) is 1.09. The van der Waals surface area contributed by atoms with E-state index in [0.717, 1.165) is 10.9 Å². The number of nitrogens with one attached hydrogen (secondary N) is 1. The van der Waals surface area contributed by atoms with Gasteiger partial charge in [0.25, 0.3) is 0 Å². The predicted octanol–water partition coefficient (Wildman–Crippen LogP) is 3.28. The van der Waals surface area contributed by atoms with E-state index in [1.165, 1.54) is 11.8 Å². The predicted molar refractivity (Wildman–Crippen MR) is 55.8 cm³/mol. The minimum absolute atomic E-state index is 0.333. The van der Waals surface area contributed by atoms with Crippen molar-refractivity contribution in [3.05, 3.63) is 34.3 Å². The summed E-state index contributed by atoms with van der Waals surface area (Å²) in [6.07, 6.45) is 2.43. The van der Waals surface area contributed by atoms with E-state index in [1.54, 1.807) is 0 Å². The molecule has 1 aromatic rings. The molecule has 0 bridgehead atoms. The molecule has 1 N–H and O–H groups in total. The highest BCUT2D eigenvalue weighted by molar-refractivity contribution is 9.10. The summed E-state index contributed by atoms with van der Waals surface area (Å²) in [4.78, 5) is 0. The van der Waals surface area contributed by atoms with Gasteiger partial charge in [0, 0.05) is 4.47 Å². The van der Waals surface area contributed by atoms with Crippen molar-refractivity contribution < 1.29 is 0 Å². The average Bonchev–Trinajstić information content (AvgIpc) is 2.04. The summed E-state index contributed by atoms with van der Waals surface area (Å²) < 4.78 is 1.11. The molecule has 1 nitrogen and oxygen atoms in total. The van der Waals surface area contributed by atoms with Gasteiger partial charge in [0.15, 0.2) is 0 Å². The van der Waals surface area contributed by atoms with Crippen LogP contribution in [0.2, 0.25) is 0 Å². The van der Waals surface area contributed by atoms with E-state index in [1.807, 2.05) is 19.1 Å². The first-order chi connectivity index (χ1) is 5.72. The van der Waals surface area contributed by atoms with Crippen molar-refractivity contribution in [2.45, 2.75) is 13.3 Å². The lowest BCUT2D eigenvalue weighted by Crippen LogP contribution is -1.99. The van der Waals surface area contributed by atoms with Crippen molar-refractivity contribution in [2.24, 2.45) is 5.92 Å². The zero-order valence-electron chi connectivity index (χ0n) is 7.05. The molecule has 1 rings (SSSR count). The van der Waals surface area contributed by atoms with E-state index in [0.29, 0.717) is 5.92 Å². The molecule has 64 valence electrons. The van der Waals surface area contributed by atoms with E-state index in [9.17, 15) is 0 Å². The normalized spacial score (nSPS) is 12.5. The van der Waals surface area contributed by atoms with Crippen LogP contribution >= 0.6 is 15.9 Å². The molecule has 0 amide bonds. The van der Waals surface area contributed by atoms with E-state index in [4.69, 9.17) is 5.41 Å². The van der Waals surface area contributed by atoms with Crippen molar-refractivity contribution in [1.29, 1.82) is 5.41 Å². The number of hydrogen-bond acceptors (Lipinski definition) is 1. The molecule has 0 heterocycles. The van der Waals surface area contributed by atoms with E-state index in [-0.39, 0.29) is 0 Å². The summed E-state index contributed by atoms with van der Waals surface area (Å²) in [6, 6.07) is 8.22. The SMILES string of the molecule is CC(C=N)Cc1cccc(Br)c1. The van der Waals surface area contributed by atoms with Gasteiger partial charge in [-0.05, 0) is 36.2 Å². The fraction of sp³-hybridized carbons (Fsp3) is 0.300. The zero-order chi connectivity index (χ0) is 8.97. The van der Waals surface area contributed by atoms with Crippen LogP contribution in [0.4, 0.5) is 0 Å². The minimum Gasteiger partial charge on any atom is -0.313 e. The third-order valence-electron chi connectivity index (χ3n) is 1.73. The Labute approximate surface area is 81.4 Å². The molecule has 0 aliphatic rings.